The van der Waals surface area contributed by atoms with Gasteiger partial charge < -0.3 is 10.5 Å². The molecule has 2 nitrogen and oxygen atoms in total. The smallest absolute Gasteiger partial charge is 0.124 e. The van der Waals surface area contributed by atoms with Gasteiger partial charge in [-0.1, -0.05) is 43.5 Å². The van der Waals surface area contributed by atoms with Gasteiger partial charge in [0.25, 0.3) is 0 Å². The molecule has 2 aromatic rings. The lowest BCUT2D eigenvalue weighted by atomic mass is 9.97. The number of hydrogen-bond donors (Lipinski definition) is 1. The lowest BCUT2D eigenvalue weighted by Crippen LogP contribution is -2.14. The predicted molar refractivity (Wildman–Crippen MR) is 90.6 cm³/mol. The highest BCUT2D eigenvalue weighted by Gasteiger charge is 2.18. The van der Waals surface area contributed by atoms with Crippen molar-refractivity contribution in [2.24, 2.45) is 5.73 Å². The van der Waals surface area contributed by atoms with Gasteiger partial charge in [0.2, 0.25) is 0 Å². The van der Waals surface area contributed by atoms with Gasteiger partial charge in [0.15, 0.2) is 0 Å². The summed E-state index contributed by atoms with van der Waals surface area (Å²) >= 11 is 13.2. The first-order valence-electron chi connectivity index (χ1n) is 5.98. The maximum atomic E-state index is 6.38. The Morgan fingerprint density at radius 3 is 2.50 bits per heavy atom. The summed E-state index contributed by atoms with van der Waals surface area (Å²) in [5.74, 6) is 0.759. The molecule has 1 unspecified atom stereocenters. The number of halogens is 3. The van der Waals surface area contributed by atoms with E-state index in [1.54, 1.807) is 7.11 Å². The summed E-state index contributed by atoms with van der Waals surface area (Å²) in [6, 6.07) is 9.24. The molecule has 106 valence electrons. The molecule has 2 rings (SSSR count). The van der Waals surface area contributed by atoms with Crippen LogP contribution in [0.5, 0.6) is 5.75 Å². The molecule has 0 saturated heterocycles. The number of hydrogen-bond acceptors (Lipinski definition) is 2. The first-order valence-corrected chi connectivity index (χ1v) is 7.95. The Morgan fingerprint density at radius 1 is 1.15 bits per heavy atom. The molecule has 1 atom stereocenters. The second-order valence-corrected chi connectivity index (χ2v) is 6.66. The average Bonchev–Trinajstić information content (AvgIpc) is 2.43. The van der Waals surface area contributed by atoms with Gasteiger partial charge in [0.05, 0.1) is 13.2 Å². The number of ether oxygens (including phenoxy) is 1. The summed E-state index contributed by atoms with van der Waals surface area (Å²) in [5, 5.41) is 0.638. The van der Waals surface area contributed by atoms with Crippen molar-refractivity contribution in [1.29, 1.82) is 0 Å². The molecule has 2 aromatic carbocycles. The zero-order valence-electron chi connectivity index (χ0n) is 11.1. The Bertz CT molecular complexity index is 646. The van der Waals surface area contributed by atoms with Crippen LogP contribution in [0.4, 0.5) is 0 Å². The molecule has 0 amide bonds. The van der Waals surface area contributed by atoms with E-state index in [0.717, 1.165) is 31.4 Å². The normalized spacial score (nSPS) is 12.3. The summed E-state index contributed by atoms with van der Waals surface area (Å²) < 4.78 is 7.38. The van der Waals surface area contributed by atoms with Gasteiger partial charge in [-0.25, -0.2) is 0 Å². The number of aryl methyl sites for hydroxylation is 1. The Kier molecular flexibility index (Phi) is 5.13. The zero-order valence-corrected chi connectivity index (χ0v) is 15.0. The number of benzene rings is 2. The molecule has 0 aliphatic heterocycles. The van der Waals surface area contributed by atoms with E-state index in [-0.39, 0.29) is 6.04 Å². The maximum absolute atomic E-state index is 6.38. The van der Waals surface area contributed by atoms with Crippen molar-refractivity contribution in [3.63, 3.8) is 0 Å². The topological polar surface area (TPSA) is 35.2 Å². The van der Waals surface area contributed by atoms with Crippen LogP contribution in [0.3, 0.4) is 0 Å². The van der Waals surface area contributed by atoms with Crippen LogP contribution in [0, 0.1) is 6.92 Å². The molecule has 0 spiro atoms. The quantitative estimate of drug-likeness (QED) is 0.739. The highest BCUT2D eigenvalue weighted by Crippen LogP contribution is 2.36. The second kappa shape index (κ2) is 6.48. The fourth-order valence-corrected chi connectivity index (χ4v) is 2.99. The van der Waals surface area contributed by atoms with E-state index < -0.39 is 0 Å². The van der Waals surface area contributed by atoms with E-state index in [4.69, 9.17) is 22.1 Å². The molecule has 2 N–H and O–H groups in total. The molecule has 5 heteroatoms. The number of rotatable bonds is 3. The first kappa shape index (κ1) is 15.8. The van der Waals surface area contributed by atoms with Crippen LogP contribution < -0.4 is 10.5 Å². The van der Waals surface area contributed by atoms with Gasteiger partial charge in [-0.15, -0.1) is 0 Å². The molecule has 0 aliphatic rings. The van der Waals surface area contributed by atoms with Crippen molar-refractivity contribution in [1.82, 2.24) is 0 Å². The van der Waals surface area contributed by atoms with Crippen LogP contribution in [0.1, 0.15) is 22.7 Å². The van der Waals surface area contributed by atoms with Gasteiger partial charge in [0.1, 0.15) is 5.75 Å². The van der Waals surface area contributed by atoms with Crippen LogP contribution >= 0.6 is 43.5 Å². The Hall–Kier alpha value is -0.550. The molecule has 0 saturated carbocycles. The molecular formula is C15H14Br2ClNO. The van der Waals surface area contributed by atoms with Gasteiger partial charge in [-0.05, 0) is 48.4 Å². The predicted octanol–water partition coefficient (Wildman–Crippen LogP) is 5.23. The van der Waals surface area contributed by atoms with Gasteiger partial charge in [-0.3, -0.25) is 0 Å². The number of nitrogens with two attached hydrogens (primary N) is 1. The number of methoxy groups -OCH3 is 1. The van der Waals surface area contributed by atoms with E-state index >= 15 is 0 Å². The van der Waals surface area contributed by atoms with Gasteiger partial charge >= 0.3 is 0 Å². The molecule has 0 aromatic heterocycles. The van der Waals surface area contributed by atoms with Crippen molar-refractivity contribution in [3.05, 3.63) is 61.0 Å². The lowest BCUT2D eigenvalue weighted by molar-refractivity contribution is 0.407. The Balaban J connectivity index is 2.55. The van der Waals surface area contributed by atoms with Crippen molar-refractivity contribution in [2.45, 2.75) is 13.0 Å². The van der Waals surface area contributed by atoms with Crippen LogP contribution in [0.2, 0.25) is 5.02 Å². The van der Waals surface area contributed by atoms with E-state index in [1.165, 1.54) is 0 Å². The van der Waals surface area contributed by atoms with E-state index in [0.29, 0.717) is 5.02 Å². The third-order valence-electron chi connectivity index (χ3n) is 3.14. The largest absolute Gasteiger partial charge is 0.496 e. The van der Waals surface area contributed by atoms with Crippen LogP contribution in [-0.4, -0.2) is 7.11 Å². The van der Waals surface area contributed by atoms with E-state index in [1.807, 2.05) is 37.3 Å². The molecule has 0 aliphatic carbocycles. The molecule has 0 radical (unpaired) electrons. The van der Waals surface area contributed by atoms with Gasteiger partial charge in [0, 0.05) is 19.5 Å². The standard InChI is InChI=1S/C15H14Br2ClNO/c1-8-5-14(20-2)11(7-12(8)17)15(19)10-6-9(16)3-4-13(10)18/h3-7,15H,19H2,1-2H3. The van der Waals surface area contributed by atoms with Crippen molar-refractivity contribution < 1.29 is 4.74 Å². The maximum Gasteiger partial charge on any atom is 0.124 e. The molecule has 0 heterocycles. The highest BCUT2D eigenvalue weighted by molar-refractivity contribution is 9.10. The monoisotopic (exact) mass is 417 g/mol. The third kappa shape index (κ3) is 3.19. The first-order chi connectivity index (χ1) is 9.43. The summed E-state index contributed by atoms with van der Waals surface area (Å²) in [6.45, 7) is 2.01. The molecule has 20 heavy (non-hydrogen) atoms. The van der Waals surface area contributed by atoms with E-state index in [2.05, 4.69) is 31.9 Å². The SMILES string of the molecule is COc1cc(C)c(Br)cc1C(N)c1cc(Br)ccc1Cl. The minimum absolute atomic E-state index is 0.355. The van der Waals surface area contributed by atoms with Gasteiger partial charge in [-0.2, -0.15) is 0 Å². The highest BCUT2D eigenvalue weighted by atomic mass is 79.9. The molecule has 0 bridgehead atoms. The summed E-state index contributed by atoms with van der Waals surface area (Å²) in [5.41, 5.74) is 9.22. The average molecular weight is 420 g/mol. The molecule has 0 fully saturated rings. The van der Waals surface area contributed by atoms with Crippen LogP contribution in [-0.2, 0) is 0 Å². The second-order valence-electron chi connectivity index (χ2n) is 4.49. The lowest BCUT2D eigenvalue weighted by Gasteiger charge is -2.19. The summed E-state index contributed by atoms with van der Waals surface area (Å²) in [4.78, 5) is 0. The summed E-state index contributed by atoms with van der Waals surface area (Å²) in [7, 11) is 1.64. The van der Waals surface area contributed by atoms with Crippen LogP contribution in [0.25, 0.3) is 0 Å². The van der Waals surface area contributed by atoms with Crippen molar-refractivity contribution in [3.8, 4) is 5.75 Å². The summed E-state index contributed by atoms with van der Waals surface area (Å²) in [6.07, 6.45) is 0. The van der Waals surface area contributed by atoms with Crippen LogP contribution in [0.15, 0.2) is 39.3 Å². The fraction of sp³-hybridized carbons (Fsp3) is 0.200. The third-order valence-corrected chi connectivity index (χ3v) is 4.83. The van der Waals surface area contributed by atoms with Crippen molar-refractivity contribution >= 4 is 43.5 Å². The zero-order chi connectivity index (χ0) is 14.9. The Morgan fingerprint density at radius 2 is 1.85 bits per heavy atom. The van der Waals surface area contributed by atoms with E-state index in [9.17, 15) is 0 Å². The fourth-order valence-electron chi connectivity index (χ4n) is 2.01. The molecular weight excluding hydrogens is 405 g/mol. The Labute approximate surface area is 140 Å². The van der Waals surface area contributed by atoms with Crippen molar-refractivity contribution in [2.75, 3.05) is 7.11 Å². The minimum Gasteiger partial charge on any atom is -0.496 e. The minimum atomic E-state index is -0.355.